The normalized spacial score (nSPS) is 12.2. The number of nitrogens with one attached hydrogen (secondary N) is 1. The summed E-state index contributed by atoms with van der Waals surface area (Å²) in [6.45, 7) is 7.75. The number of rotatable bonds is 11. The van der Waals surface area contributed by atoms with Gasteiger partial charge in [-0.15, -0.1) is 11.3 Å². The lowest BCUT2D eigenvalue weighted by Gasteiger charge is -2.17. The zero-order valence-corrected chi connectivity index (χ0v) is 20.2. The fourth-order valence-corrected chi connectivity index (χ4v) is 4.56. The molecule has 1 atom stereocenters. The molecule has 0 bridgehead atoms. The second kappa shape index (κ2) is 11.4. The van der Waals surface area contributed by atoms with E-state index in [9.17, 15) is 9.90 Å². The molecule has 2 aromatic heterocycles. The maximum atomic E-state index is 11.1. The van der Waals surface area contributed by atoms with Crippen molar-refractivity contribution in [3.63, 3.8) is 0 Å². The summed E-state index contributed by atoms with van der Waals surface area (Å²) >= 11 is 1.67. The number of amides is 1. The summed E-state index contributed by atoms with van der Waals surface area (Å²) in [6.07, 6.45) is 0.847. The highest BCUT2D eigenvalue weighted by atomic mass is 32.1. The quantitative estimate of drug-likeness (QED) is 0.391. The molecule has 2 heterocycles. The van der Waals surface area contributed by atoms with Crippen LogP contribution in [0.15, 0.2) is 28.8 Å². The van der Waals surface area contributed by atoms with E-state index in [0.717, 1.165) is 34.4 Å². The lowest BCUT2D eigenvalue weighted by Crippen LogP contribution is -2.36. The van der Waals surface area contributed by atoms with E-state index in [0.29, 0.717) is 23.4 Å². The Kier molecular flexibility index (Phi) is 8.60. The molecule has 0 fully saturated rings. The Labute approximate surface area is 197 Å². The second-order valence-corrected chi connectivity index (χ2v) is 9.52. The summed E-state index contributed by atoms with van der Waals surface area (Å²) in [7, 11) is 0. The third-order valence-electron chi connectivity index (χ3n) is 5.00. The van der Waals surface area contributed by atoms with Crippen LogP contribution in [0, 0.1) is 12.8 Å². The Morgan fingerprint density at radius 1 is 1.30 bits per heavy atom. The first kappa shape index (κ1) is 24.9. The Morgan fingerprint density at radius 2 is 2.09 bits per heavy atom. The van der Waals surface area contributed by atoms with Crippen LogP contribution in [-0.4, -0.2) is 52.1 Å². The molecule has 0 aliphatic rings. The van der Waals surface area contributed by atoms with E-state index in [2.05, 4.69) is 35.4 Å². The minimum absolute atomic E-state index is 0.00518. The number of thiophene rings is 1. The molecule has 178 valence electrons. The highest BCUT2D eigenvalue weighted by Crippen LogP contribution is 2.33. The molecule has 0 aliphatic carbocycles. The molecule has 3 aromatic rings. The standard InChI is InChI=1S/C24H31N3O5S/c1-5-16-10-17(9-15(4)22(16)31-13-18(29)11-25-21(30)12-28)23-26-24(32-27-23)20-7-6-19(33-20)8-14(2)3/h6-7,9-10,14,18,28-29H,5,8,11-13H2,1-4H3,(H,25,30)/t18-/m1/s1. The molecule has 0 spiro atoms. The molecule has 0 aliphatic heterocycles. The summed E-state index contributed by atoms with van der Waals surface area (Å²) in [6, 6.07) is 8.03. The van der Waals surface area contributed by atoms with Crippen LogP contribution in [-0.2, 0) is 17.6 Å². The minimum atomic E-state index is -0.893. The third-order valence-corrected chi connectivity index (χ3v) is 6.09. The van der Waals surface area contributed by atoms with E-state index in [-0.39, 0.29) is 13.2 Å². The van der Waals surface area contributed by atoms with Crippen LogP contribution >= 0.6 is 11.3 Å². The molecule has 0 radical (unpaired) electrons. The van der Waals surface area contributed by atoms with Crippen molar-refractivity contribution < 1.29 is 24.3 Å². The molecule has 1 amide bonds. The lowest BCUT2D eigenvalue weighted by molar-refractivity contribution is -0.124. The van der Waals surface area contributed by atoms with Crippen molar-refractivity contribution in [2.45, 2.75) is 46.6 Å². The molecule has 0 saturated carbocycles. The molecule has 9 heteroatoms. The average Bonchev–Trinajstić information content (AvgIpc) is 3.45. The number of hydrogen-bond acceptors (Lipinski definition) is 8. The smallest absolute Gasteiger partial charge is 0.268 e. The van der Waals surface area contributed by atoms with Crippen LogP contribution in [0.3, 0.4) is 0 Å². The zero-order valence-electron chi connectivity index (χ0n) is 19.4. The van der Waals surface area contributed by atoms with Crippen molar-refractivity contribution in [2.24, 2.45) is 5.92 Å². The summed E-state index contributed by atoms with van der Waals surface area (Å²) < 4.78 is 11.4. The molecule has 3 rings (SSSR count). The van der Waals surface area contributed by atoms with Crippen molar-refractivity contribution in [3.8, 4) is 27.9 Å². The largest absolute Gasteiger partial charge is 0.490 e. The first-order chi connectivity index (χ1) is 15.8. The number of hydrogen-bond donors (Lipinski definition) is 3. The van der Waals surface area contributed by atoms with Crippen LogP contribution in [0.5, 0.6) is 5.75 Å². The van der Waals surface area contributed by atoms with Crippen molar-refractivity contribution in [2.75, 3.05) is 19.8 Å². The van der Waals surface area contributed by atoms with Gasteiger partial charge < -0.3 is 24.8 Å². The van der Waals surface area contributed by atoms with Crippen LogP contribution in [0.25, 0.3) is 22.2 Å². The number of benzene rings is 1. The summed E-state index contributed by atoms with van der Waals surface area (Å²) in [5.74, 6) is 1.76. The number of aliphatic hydroxyl groups is 2. The number of aliphatic hydroxyl groups excluding tert-OH is 2. The lowest BCUT2D eigenvalue weighted by atomic mass is 10.0. The second-order valence-electron chi connectivity index (χ2n) is 8.35. The number of carbonyl (C=O) groups is 1. The Hall–Kier alpha value is -2.75. The molecule has 0 saturated heterocycles. The minimum Gasteiger partial charge on any atom is -0.490 e. The highest BCUT2D eigenvalue weighted by molar-refractivity contribution is 7.15. The predicted molar refractivity (Wildman–Crippen MR) is 127 cm³/mol. The summed E-state index contributed by atoms with van der Waals surface area (Å²) in [4.78, 5) is 18.0. The van der Waals surface area contributed by atoms with Crippen molar-refractivity contribution in [1.29, 1.82) is 0 Å². The SMILES string of the molecule is CCc1cc(-c2noc(-c3ccc(CC(C)C)s3)n2)cc(C)c1OC[C@H](O)CNC(=O)CO. The number of aryl methyl sites for hydroxylation is 2. The van der Waals surface area contributed by atoms with Crippen LogP contribution in [0.2, 0.25) is 0 Å². The number of nitrogens with zero attached hydrogens (tertiary/aromatic N) is 2. The highest BCUT2D eigenvalue weighted by Gasteiger charge is 2.17. The van der Waals surface area contributed by atoms with Gasteiger partial charge in [0, 0.05) is 17.0 Å². The maximum absolute atomic E-state index is 11.1. The molecule has 8 nitrogen and oxygen atoms in total. The number of carbonyl (C=O) groups excluding carboxylic acids is 1. The summed E-state index contributed by atoms with van der Waals surface area (Å²) in [5.41, 5.74) is 2.68. The predicted octanol–water partition coefficient (Wildman–Crippen LogP) is 3.38. The van der Waals surface area contributed by atoms with E-state index in [1.165, 1.54) is 4.88 Å². The first-order valence-electron chi connectivity index (χ1n) is 11.1. The Morgan fingerprint density at radius 3 is 2.79 bits per heavy atom. The van der Waals surface area contributed by atoms with Gasteiger partial charge in [0.15, 0.2) is 0 Å². The van der Waals surface area contributed by atoms with Gasteiger partial charge in [-0.1, -0.05) is 25.9 Å². The molecule has 3 N–H and O–H groups in total. The van der Waals surface area contributed by atoms with Gasteiger partial charge in [-0.2, -0.15) is 4.98 Å². The van der Waals surface area contributed by atoms with Crippen LogP contribution in [0.1, 0.15) is 36.8 Å². The van der Waals surface area contributed by atoms with Gasteiger partial charge in [0.05, 0.1) is 4.88 Å². The maximum Gasteiger partial charge on any atom is 0.268 e. The van der Waals surface area contributed by atoms with Gasteiger partial charge in [-0.25, -0.2) is 0 Å². The number of ether oxygens (including phenoxy) is 1. The monoisotopic (exact) mass is 473 g/mol. The van der Waals surface area contributed by atoms with E-state index in [1.54, 1.807) is 11.3 Å². The fraction of sp³-hybridized carbons (Fsp3) is 0.458. The van der Waals surface area contributed by atoms with Gasteiger partial charge in [-0.05, 0) is 61.1 Å². The van der Waals surface area contributed by atoms with E-state index in [1.807, 2.05) is 32.0 Å². The fourth-order valence-electron chi connectivity index (χ4n) is 3.42. The Bertz CT molecular complexity index is 1080. The first-order valence-corrected chi connectivity index (χ1v) is 11.9. The third kappa shape index (κ3) is 6.63. The molecule has 0 unspecified atom stereocenters. The molecular weight excluding hydrogens is 442 g/mol. The number of aromatic nitrogens is 2. The molecule has 33 heavy (non-hydrogen) atoms. The summed E-state index contributed by atoms with van der Waals surface area (Å²) in [5, 5.41) is 25.4. The van der Waals surface area contributed by atoms with E-state index < -0.39 is 18.6 Å². The van der Waals surface area contributed by atoms with Crippen molar-refractivity contribution >= 4 is 17.2 Å². The van der Waals surface area contributed by atoms with Crippen LogP contribution in [0.4, 0.5) is 0 Å². The zero-order chi connectivity index (χ0) is 24.0. The van der Waals surface area contributed by atoms with Gasteiger partial charge in [-0.3, -0.25) is 4.79 Å². The van der Waals surface area contributed by atoms with E-state index in [4.69, 9.17) is 14.4 Å². The Balaban J connectivity index is 1.73. The molecule has 1 aromatic carbocycles. The van der Waals surface area contributed by atoms with Gasteiger partial charge >= 0.3 is 0 Å². The van der Waals surface area contributed by atoms with Crippen molar-refractivity contribution in [1.82, 2.24) is 15.5 Å². The van der Waals surface area contributed by atoms with E-state index >= 15 is 0 Å². The van der Waals surface area contributed by atoms with Gasteiger partial charge in [0.2, 0.25) is 11.7 Å². The van der Waals surface area contributed by atoms with Gasteiger partial charge in [0.25, 0.3) is 5.89 Å². The molecular formula is C24H31N3O5S. The van der Waals surface area contributed by atoms with Gasteiger partial charge in [0.1, 0.15) is 25.1 Å². The van der Waals surface area contributed by atoms with Crippen LogP contribution < -0.4 is 10.1 Å². The van der Waals surface area contributed by atoms with Crippen molar-refractivity contribution in [3.05, 3.63) is 40.3 Å². The average molecular weight is 474 g/mol. The topological polar surface area (TPSA) is 118 Å².